The van der Waals surface area contributed by atoms with Crippen molar-refractivity contribution in [2.24, 2.45) is 0 Å². The van der Waals surface area contributed by atoms with Crippen molar-refractivity contribution in [3.63, 3.8) is 0 Å². The summed E-state index contributed by atoms with van der Waals surface area (Å²) in [7, 11) is 1.57. The molecular weight excluding hydrogens is 416 g/mol. The molecule has 2 amide bonds. The minimum absolute atomic E-state index is 0.266. The lowest BCUT2D eigenvalue weighted by molar-refractivity contribution is 0.262. The Labute approximate surface area is 182 Å². The second kappa shape index (κ2) is 8.97. The van der Waals surface area contributed by atoms with Gasteiger partial charge in [0, 0.05) is 34.5 Å². The van der Waals surface area contributed by atoms with E-state index in [4.69, 9.17) is 9.26 Å². The smallest absolute Gasteiger partial charge is 0.323 e. The van der Waals surface area contributed by atoms with E-state index in [1.165, 1.54) is 22.4 Å². The Morgan fingerprint density at radius 1 is 1.13 bits per heavy atom. The number of methoxy groups -OCH3 is 1. The van der Waals surface area contributed by atoms with E-state index < -0.39 is 0 Å². The number of urea groups is 1. The minimum atomic E-state index is -0.368. The highest BCUT2D eigenvalue weighted by molar-refractivity contribution is 7.98. The molecule has 2 aromatic heterocycles. The average molecular weight is 436 g/mol. The number of nitrogens with one attached hydrogen (secondary N) is 2. The number of hydrogen-bond acceptors (Lipinski definition) is 6. The molecule has 0 saturated carbocycles. The molecule has 0 fully saturated rings. The van der Waals surface area contributed by atoms with Gasteiger partial charge in [0.15, 0.2) is 5.65 Å². The van der Waals surface area contributed by atoms with Crippen LogP contribution in [0.15, 0.2) is 74.9 Å². The first-order valence-electron chi connectivity index (χ1n) is 9.45. The number of ether oxygens (including phenoxy) is 1. The second-order valence-corrected chi connectivity index (χ2v) is 7.70. The number of hydrogen-bond donors (Lipinski definition) is 2. The van der Waals surface area contributed by atoms with Gasteiger partial charge in [0.2, 0.25) is 0 Å². The van der Waals surface area contributed by atoms with Crippen LogP contribution in [-0.2, 0) is 5.75 Å². The van der Waals surface area contributed by atoms with Crippen LogP contribution in [0.25, 0.3) is 5.65 Å². The summed E-state index contributed by atoms with van der Waals surface area (Å²) in [6.45, 7) is 1.76. The highest BCUT2D eigenvalue weighted by Gasteiger charge is 2.11. The van der Waals surface area contributed by atoms with Gasteiger partial charge in [-0.25, -0.2) is 9.78 Å². The summed E-state index contributed by atoms with van der Waals surface area (Å²) < 4.78 is 11.7. The van der Waals surface area contributed by atoms with Gasteiger partial charge in [-0.15, -0.1) is 16.3 Å². The molecule has 31 heavy (non-hydrogen) atoms. The Bertz CT molecular complexity index is 1300. The molecule has 0 atom stereocenters. The Hall–Kier alpha value is -3.72. The number of carbonyl (C=O) groups is 1. The van der Waals surface area contributed by atoms with Crippen LogP contribution in [0.3, 0.4) is 0 Å². The molecule has 4 rings (SSSR count). The Kier molecular flexibility index (Phi) is 5.94. The maximum absolute atomic E-state index is 12.5. The maximum Gasteiger partial charge on any atom is 0.323 e. The molecule has 0 aliphatic rings. The van der Waals surface area contributed by atoms with Crippen LogP contribution < -0.4 is 20.9 Å². The third kappa shape index (κ3) is 4.89. The number of nitrogens with zero attached hydrogens (tertiary/aromatic N) is 2. The van der Waals surface area contributed by atoms with Crippen molar-refractivity contribution in [2.75, 3.05) is 17.7 Å². The topological polar surface area (TPSA) is 97.9 Å². The summed E-state index contributed by atoms with van der Waals surface area (Å²) in [5.41, 5.74) is 2.12. The predicted molar refractivity (Wildman–Crippen MR) is 120 cm³/mol. The lowest BCUT2D eigenvalue weighted by Gasteiger charge is -2.12. The van der Waals surface area contributed by atoms with E-state index in [0.29, 0.717) is 40.0 Å². The predicted octanol–water partition coefficient (Wildman–Crippen LogP) is 4.54. The van der Waals surface area contributed by atoms with Crippen molar-refractivity contribution in [3.8, 4) is 5.75 Å². The van der Waals surface area contributed by atoms with Crippen LogP contribution in [0.5, 0.6) is 5.75 Å². The fraction of sp³-hybridized carbons (Fsp3) is 0.136. The second-order valence-electron chi connectivity index (χ2n) is 6.68. The fourth-order valence-corrected chi connectivity index (χ4v) is 3.88. The molecule has 0 aliphatic heterocycles. The van der Waals surface area contributed by atoms with Crippen LogP contribution in [0.1, 0.15) is 11.5 Å². The van der Waals surface area contributed by atoms with E-state index in [1.807, 2.05) is 24.3 Å². The van der Waals surface area contributed by atoms with Crippen LogP contribution in [0.4, 0.5) is 16.2 Å². The number of rotatable bonds is 6. The molecule has 2 aromatic carbocycles. The molecule has 0 spiro atoms. The van der Waals surface area contributed by atoms with Crippen molar-refractivity contribution in [3.05, 3.63) is 82.5 Å². The molecule has 4 aromatic rings. The number of amides is 2. The first kappa shape index (κ1) is 20.5. The van der Waals surface area contributed by atoms with E-state index in [2.05, 4.69) is 15.6 Å². The summed E-state index contributed by atoms with van der Waals surface area (Å²) in [5, 5.41) is 5.65. The Morgan fingerprint density at radius 3 is 2.81 bits per heavy atom. The quantitative estimate of drug-likeness (QED) is 0.431. The Balaban J connectivity index is 1.46. The zero-order valence-electron chi connectivity index (χ0n) is 16.9. The van der Waals surface area contributed by atoms with Crippen molar-refractivity contribution in [1.82, 2.24) is 9.56 Å². The van der Waals surface area contributed by atoms with Gasteiger partial charge in [0.1, 0.15) is 11.5 Å². The number of fused-ring (bicyclic) bond motifs is 1. The van der Waals surface area contributed by atoms with Gasteiger partial charge in [0.05, 0.1) is 18.5 Å². The number of thioether (sulfide) groups is 1. The lowest BCUT2D eigenvalue weighted by Crippen LogP contribution is -2.19. The van der Waals surface area contributed by atoms with E-state index in [0.717, 1.165) is 4.90 Å². The van der Waals surface area contributed by atoms with E-state index in [1.54, 1.807) is 44.4 Å². The number of anilines is 2. The third-order valence-electron chi connectivity index (χ3n) is 4.36. The van der Waals surface area contributed by atoms with Crippen molar-refractivity contribution in [2.45, 2.75) is 17.6 Å². The van der Waals surface area contributed by atoms with Gasteiger partial charge < -0.3 is 19.9 Å². The van der Waals surface area contributed by atoms with Crippen LogP contribution in [0, 0.1) is 6.92 Å². The third-order valence-corrected chi connectivity index (χ3v) is 5.47. The van der Waals surface area contributed by atoms with Gasteiger partial charge >= 0.3 is 6.03 Å². The number of benzene rings is 2. The van der Waals surface area contributed by atoms with Crippen molar-refractivity contribution in [1.29, 1.82) is 0 Å². The molecule has 2 heterocycles. The first-order valence-corrected chi connectivity index (χ1v) is 10.4. The molecule has 0 saturated heterocycles. The van der Waals surface area contributed by atoms with Gasteiger partial charge in [0.25, 0.3) is 5.56 Å². The summed E-state index contributed by atoms with van der Waals surface area (Å²) in [6, 6.07) is 17.4. The number of carbonyl (C=O) groups excluding carboxylic acids is 1. The molecule has 0 radical (unpaired) electrons. The fourth-order valence-electron chi connectivity index (χ4n) is 2.98. The van der Waals surface area contributed by atoms with Crippen LogP contribution in [0.2, 0.25) is 0 Å². The maximum atomic E-state index is 12.5. The van der Waals surface area contributed by atoms with E-state index >= 15 is 0 Å². The van der Waals surface area contributed by atoms with Gasteiger partial charge in [-0.3, -0.25) is 4.79 Å². The molecule has 158 valence electrons. The Morgan fingerprint density at radius 2 is 1.97 bits per heavy atom. The summed E-state index contributed by atoms with van der Waals surface area (Å²) in [4.78, 5) is 30.0. The molecule has 9 heteroatoms. The van der Waals surface area contributed by atoms with Crippen molar-refractivity contribution < 1.29 is 14.1 Å². The van der Waals surface area contributed by atoms with Gasteiger partial charge in [-0.05, 0) is 31.2 Å². The minimum Gasteiger partial charge on any atom is -0.497 e. The molecule has 0 aliphatic carbocycles. The molecule has 0 unspecified atom stereocenters. The largest absolute Gasteiger partial charge is 0.497 e. The highest BCUT2D eigenvalue weighted by atomic mass is 32.2. The molecule has 2 N–H and O–H groups in total. The summed E-state index contributed by atoms with van der Waals surface area (Å²) in [5.74, 6) is 1.74. The number of aryl methyl sites for hydroxylation is 1. The standard InChI is InChI=1S/C22H20N4O4S/c1-14-10-20-23-16(12-21(27)26(20)30-14)13-31-19-9-4-3-8-18(19)25-22(28)24-15-6-5-7-17(11-15)29-2/h3-12H,13H2,1-2H3,(H2,24,25,28). The SMILES string of the molecule is COc1cccc(NC(=O)Nc2ccccc2SCc2cc(=O)n3oc(C)cc3n2)c1. The molecular formula is C22H20N4O4S. The lowest BCUT2D eigenvalue weighted by atomic mass is 10.3. The zero-order valence-corrected chi connectivity index (χ0v) is 17.7. The summed E-state index contributed by atoms with van der Waals surface area (Å²) in [6.07, 6.45) is 0. The van der Waals surface area contributed by atoms with Gasteiger partial charge in [-0.1, -0.05) is 18.2 Å². The van der Waals surface area contributed by atoms with Gasteiger partial charge in [-0.2, -0.15) is 0 Å². The van der Waals surface area contributed by atoms with E-state index in [9.17, 15) is 9.59 Å². The van der Waals surface area contributed by atoms with Crippen molar-refractivity contribution >= 4 is 34.8 Å². The van der Waals surface area contributed by atoms with Crippen LogP contribution in [-0.4, -0.2) is 22.7 Å². The first-order chi connectivity index (χ1) is 15.0. The average Bonchev–Trinajstić information content (AvgIpc) is 3.14. The summed E-state index contributed by atoms with van der Waals surface area (Å²) >= 11 is 1.47. The highest BCUT2D eigenvalue weighted by Crippen LogP contribution is 2.29. The van der Waals surface area contributed by atoms with E-state index in [-0.39, 0.29) is 11.6 Å². The van der Waals surface area contributed by atoms with Crippen LogP contribution >= 0.6 is 11.8 Å². The number of aromatic nitrogens is 2. The molecule has 0 bridgehead atoms. The zero-order chi connectivity index (χ0) is 21.8. The normalized spacial score (nSPS) is 10.8. The monoisotopic (exact) mass is 436 g/mol. The molecule has 8 nitrogen and oxygen atoms in total. The number of para-hydroxylation sites is 1.